The van der Waals surface area contributed by atoms with Crippen LogP contribution in [0.2, 0.25) is 0 Å². The summed E-state index contributed by atoms with van der Waals surface area (Å²) in [6, 6.07) is 0. The maximum atomic E-state index is 13.8. The zero-order valence-electron chi connectivity index (χ0n) is 18.5. The molecule has 6 fully saturated rings. The topological polar surface area (TPSA) is 123 Å². The van der Waals surface area contributed by atoms with Gasteiger partial charge in [-0.15, -0.1) is 0 Å². The Hall–Kier alpha value is -1.06. The lowest BCUT2D eigenvalue weighted by Crippen LogP contribution is -2.84. The fourth-order valence-corrected chi connectivity index (χ4v) is 8.66. The minimum Gasteiger partial charge on any atom is -0.465 e. The van der Waals surface area contributed by atoms with Crippen LogP contribution in [0.5, 0.6) is 0 Å². The van der Waals surface area contributed by atoms with E-state index in [1.165, 1.54) is 6.92 Å². The number of carbonyl (C=O) groups excluding carboxylic acids is 2. The van der Waals surface area contributed by atoms with Gasteiger partial charge in [0.15, 0.2) is 0 Å². The molecule has 3 N–H and O–H groups in total. The van der Waals surface area contributed by atoms with Gasteiger partial charge in [-0.3, -0.25) is 9.59 Å². The third kappa shape index (κ3) is 2.38. The summed E-state index contributed by atoms with van der Waals surface area (Å²) in [6.07, 6.45) is 0.830. The van der Waals surface area contributed by atoms with Gasteiger partial charge in [-0.2, -0.15) is 0 Å². The number of rotatable bonds is 4. The number of hydrogen-bond donors (Lipinski definition) is 3. The summed E-state index contributed by atoms with van der Waals surface area (Å²) in [5.41, 5.74) is -2.76. The Bertz CT molecular complexity index is 800. The molecule has 2 heterocycles. The van der Waals surface area contributed by atoms with Gasteiger partial charge in [-0.25, -0.2) is 0 Å². The highest BCUT2D eigenvalue weighted by Gasteiger charge is 2.85. The lowest BCUT2D eigenvalue weighted by Gasteiger charge is -2.74. The predicted molar refractivity (Wildman–Crippen MR) is 106 cm³/mol. The van der Waals surface area contributed by atoms with Crippen molar-refractivity contribution < 1.29 is 39.1 Å². The van der Waals surface area contributed by atoms with Crippen LogP contribution < -0.4 is 0 Å². The Morgan fingerprint density at radius 3 is 2.68 bits per heavy atom. The summed E-state index contributed by atoms with van der Waals surface area (Å²) < 4.78 is 16.7. The van der Waals surface area contributed by atoms with Crippen molar-refractivity contribution >= 4 is 11.8 Å². The van der Waals surface area contributed by atoms with E-state index in [1.54, 1.807) is 7.11 Å². The molecule has 0 aromatic carbocycles. The van der Waals surface area contributed by atoms with Gasteiger partial charge in [0.2, 0.25) is 5.79 Å². The number of ketones is 1. The molecule has 0 radical (unpaired) electrons. The normalized spacial score (nSPS) is 55.0. The molecule has 8 nitrogen and oxygen atoms in total. The van der Waals surface area contributed by atoms with E-state index in [-0.39, 0.29) is 43.4 Å². The van der Waals surface area contributed by atoms with E-state index >= 15 is 0 Å². The van der Waals surface area contributed by atoms with Gasteiger partial charge < -0.3 is 29.5 Å². The largest absolute Gasteiger partial charge is 0.465 e. The minimum atomic E-state index is -2.02. The number of fused-ring (bicyclic) bond motifs is 2. The van der Waals surface area contributed by atoms with E-state index in [0.717, 1.165) is 6.42 Å². The molecule has 0 aromatic rings. The van der Waals surface area contributed by atoms with Crippen LogP contribution in [-0.2, 0) is 23.8 Å². The number of Topliss-reactive ketones (excluding diaryl/α,β-unsaturated/α-hetero) is 1. The maximum Gasteiger partial charge on any atom is 0.302 e. The van der Waals surface area contributed by atoms with Gasteiger partial charge in [0.1, 0.15) is 11.9 Å². The fraction of sp³-hybridized carbons (Fsp3) is 0.913. The highest BCUT2D eigenvalue weighted by Crippen LogP contribution is 2.76. The molecule has 2 aliphatic heterocycles. The number of ether oxygens (including phenoxy) is 3. The molecule has 4 saturated carbocycles. The Morgan fingerprint density at radius 1 is 1.26 bits per heavy atom. The smallest absolute Gasteiger partial charge is 0.302 e. The second-order valence-electron chi connectivity index (χ2n) is 11.0. The Balaban J connectivity index is 1.65. The van der Waals surface area contributed by atoms with Crippen molar-refractivity contribution in [3.05, 3.63) is 0 Å². The van der Waals surface area contributed by atoms with Crippen molar-refractivity contribution in [1.82, 2.24) is 0 Å². The molecular formula is C23H34O8. The van der Waals surface area contributed by atoms with E-state index < -0.39 is 46.1 Å². The monoisotopic (exact) mass is 438 g/mol. The standard InChI is InChI=1S/C23H34O8/c1-12(24)30-10-20(2)7-6-16(25)21-11-31-23(28,19(27)17(20)21)22-8-13(4-5-15(21)22)14(9-29-3)18(22)26/h13-17,19,25,27-28H,4-11H2,1-3H3/t13-,14-,15+,16-,17-,19+,20+,21-,22+,23-/m1/s1. The molecule has 4 aliphatic carbocycles. The van der Waals surface area contributed by atoms with E-state index in [1.807, 2.05) is 6.92 Å². The van der Waals surface area contributed by atoms with Crippen LogP contribution in [0.3, 0.4) is 0 Å². The Labute approximate surface area is 182 Å². The van der Waals surface area contributed by atoms with Crippen LogP contribution in [0.1, 0.15) is 46.0 Å². The summed E-state index contributed by atoms with van der Waals surface area (Å²) in [7, 11) is 1.57. The van der Waals surface area contributed by atoms with Crippen LogP contribution in [-0.4, -0.2) is 72.0 Å². The molecule has 0 amide bonds. The molecule has 0 aromatic heterocycles. The number of aliphatic hydroxyl groups excluding tert-OH is 2. The lowest BCUT2D eigenvalue weighted by atomic mass is 9.36. The Kier molecular flexibility index (Phi) is 4.73. The van der Waals surface area contributed by atoms with Crippen molar-refractivity contribution in [2.75, 3.05) is 26.9 Å². The van der Waals surface area contributed by atoms with Crippen molar-refractivity contribution in [1.29, 1.82) is 0 Å². The number of carbonyl (C=O) groups is 2. The first-order valence-corrected chi connectivity index (χ1v) is 11.5. The first-order chi connectivity index (χ1) is 14.6. The SMILES string of the molecule is COC[C@H]1C(=O)[C@]23C[C@H]1CC[C@H]2[C@@]12CO[C@]3(O)[C@@H](O)[C@@H]1[C@](C)(COC(C)=O)CC[C@H]2O. The van der Waals surface area contributed by atoms with Crippen molar-refractivity contribution in [3.8, 4) is 0 Å². The van der Waals surface area contributed by atoms with Gasteiger partial charge in [-0.05, 0) is 43.9 Å². The van der Waals surface area contributed by atoms with E-state index in [9.17, 15) is 24.9 Å². The van der Waals surface area contributed by atoms with Gasteiger partial charge in [0.25, 0.3) is 0 Å². The summed E-state index contributed by atoms with van der Waals surface area (Å²) in [5.74, 6) is -3.63. The van der Waals surface area contributed by atoms with Gasteiger partial charge in [0, 0.05) is 36.7 Å². The molecule has 4 bridgehead atoms. The van der Waals surface area contributed by atoms with Crippen molar-refractivity contribution in [2.45, 2.75) is 63.9 Å². The molecular weight excluding hydrogens is 404 g/mol. The lowest BCUT2D eigenvalue weighted by molar-refractivity contribution is -0.450. The molecule has 10 atom stereocenters. The third-order valence-corrected chi connectivity index (χ3v) is 9.79. The van der Waals surface area contributed by atoms with Gasteiger partial charge in [0.05, 0.1) is 31.3 Å². The summed E-state index contributed by atoms with van der Waals surface area (Å²) >= 11 is 0. The number of esters is 1. The fourth-order valence-electron chi connectivity index (χ4n) is 8.66. The average Bonchev–Trinajstić information content (AvgIpc) is 2.93. The van der Waals surface area contributed by atoms with Crippen molar-refractivity contribution in [3.63, 3.8) is 0 Å². The van der Waals surface area contributed by atoms with E-state index in [2.05, 4.69) is 0 Å². The maximum absolute atomic E-state index is 13.8. The molecule has 2 saturated heterocycles. The first-order valence-electron chi connectivity index (χ1n) is 11.5. The second-order valence-corrected chi connectivity index (χ2v) is 11.0. The van der Waals surface area contributed by atoms with Crippen LogP contribution in [0.15, 0.2) is 0 Å². The number of methoxy groups -OCH3 is 1. The van der Waals surface area contributed by atoms with Crippen LogP contribution in [0.4, 0.5) is 0 Å². The predicted octanol–water partition coefficient (Wildman–Crippen LogP) is 0.654. The molecule has 8 heteroatoms. The Morgan fingerprint density at radius 2 is 2.00 bits per heavy atom. The first kappa shape index (κ1) is 21.8. The highest BCUT2D eigenvalue weighted by molar-refractivity contribution is 5.92. The van der Waals surface area contributed by atoms with E-state index in [4.69, 9.17) is 14.2 Å². The molecule has 6 rings (SSSR count). The molecule has 0 unspecified atom stereocenters. The minimum absolute atomic E-state index is 0.0749. The second kappa shape index (κ2) is 6.73. The average molecular weight is 439 g/mol. The van der Waals surface area contributed by atoms with Gasteiger partial charge in [-0.1, -0.05) is 6.92 Å². The molecule has 2 spiro atoms. The summed E-state index contributed by atoms with van der Waals surface area (Å²) in [5, 5.41) is 35.0. The highest BCUT2D eigenvalue weighted by atomic mass is 16.6. The molecule has 6 aliphatic rings. The quantitative estimate of drug-likeness (QED) is 0.547. The summed E-state index contributed by atoms with van der Waals surface area (Å²) in [6.45, 7) is 3.76. The van der Waals surface area contributed by atoms with Crippen molar-refractivity contribution in [2.24, 2.45) is 39.9 Å². The van der Waals surface area contributed by atoms with E-state index in [0.29, 0.717) is 25.7 Å². The zero-order valence-corrected chi connectivity index (χ0v) is 18.5. The zero-order chi connectivity index (χ0) is 22.4. The number of hydrogen-bond acceptors (Lipinski definition) is 8. The summed E-state index contributed by atoms with van der Waals surface area (Å²) in [4.78, 5) is 25.4. The van der Waals surface area contributed by atoms with Crippen LogP contribution in [0, 0.1) is 39.9 Å². The third-order valence-electron chi connectivity index (χ3n) is 9.79. The van der Waals surface area contributed by atoms with Crippen LogP contribution in [0.25, 0.3) is 0 Å². The molecule has 31 heavy (non-hydrogen) atoms. The van der Waals surface area contributed by atoms with Gasteiger partial charge >= 0.3 is 5.97 Å². The number of aliphatic hydroxyl groups is 3. The van der Waals surface area contributed by atoms with Crippen LogP contribution >= 0.6 is 0 Å². The molecule has 174 valence electrons.